The van der Waals surface area contributed by atoms with E-state index in [2.05, 4.69) is 24.0 Å². The van der Waals surface area contributed by atoms with Crippen LogP contribution in [0.5, 0.6) is 0 Å². The topological polar surface area (TPSA) is 36.4 Å². The van der Waals surface area contributed by atoms with Crippen LogP contribution in [0, 0.1) is 12.7 Å². The minimum Gasteiger partial charge on any atom is -0.345 e. The molecule has 0 radical (unpaired) electrons. The standard InChI is InChI=1S/C19H18FN3OS/c1-13-6-7-16-17(12-13)25-19(21-16)23-10-8-22(9-11-23)18(24)14-4-2-3-5-15(14)20/h2-7,12H,8-11H2,1H3. The number of nitrogens with zero attached hydrogens (tertiary/aromatic N) is 3. The Kier molecular flexibility index (Phi) is 4.13. The Hall–Kier alpha value is -2.47. The van der Waals surface area contributed by atoms with Gasteiger partial charge < -0.3 is 9.80 Å². The second-order valence-electron chi connectivity index (χ2n) is 6.23. The first-order chi connectivity index (χ1) is 12.1. The van der Waals surface area contributed by atoms with E-state index in [1.807, 2.05) is 6.07 Å². The van der Waals surface area contributed by atoms with Crippen molar-refractivity contribution in [3.8, 4) is 0 Å². The molecule has 6 heteroatoms. The van der Waals surface area contributed by atoms with Crippen LogP contribution in [-0.4, -0.2) is 42.0 Å². The second-order valence-corrected chi connectivity index (χ2v) is 7.24. The Morgan fingerprint density at radius 3 is 2.64 bits per heavy atom. The van der Waals surface area contributed by atoms with Crippen LogP contribution in [0.4, 0.5) is 9.52 Å². The van der Waals surface area contributed by atoms with E-state index < -0.39 is 5.82 Å². The lowest BCUT2D eigenvalue weighted by Gasteiger charge is -2.34. The highest BCUT2D eigenvalue weighted by Crippen LogP contribution is 2.30. The Bertz CT molecular complexity index is 931. The molecule has 0 atom stereocenters. The number of hydrogen-bond acceptors (Lipinski definition) is 4. The molecule has 128 valence electrons. The van der Waals surface area contributed by atoms with Gasteiger partial charge in [0, 0.05) is 26.2 Å². The van der Waals surface area contributed by atoms with Crippen LogP contribution >= 0.6 is 11.3 Å². The fourth-order valence-corrected chi connectivity index (χ4v) is 4.18. The molecule has 0 bridgehead atoms. The van der Waals surface area contributed by atoms with Gasteiger partial charge in [-0.05, 0) is 36.8 Å². The van der Waals surface area contributed by atoms with Crippen molar-refractivity contribution in [3.05, 3.63) is 59.4 Å². The molecule has 2 heterocycles. The Labute approximate surface area is 149 Å². The molecule has 0 unspecified atom stereocenters. The van der Waals surface area contributed by atoms with Crippen LogP contribution in [-0.2, 0) is 0 Å². The molecule has 3 aromatic rings. The summed E-state index contributed by atoms with van der Waals surface area (Å²) in [5, 5.41) is 0.985. The average Bonchev–Trinajstić information content (AvgIpc) is 3.05. The molecule has 4 rings (SSSR count). The number of aryl methyl sites for hydroxylation is 1. The van der Waals surface area contributed by atoms with Crippen molar-refractivity contribution in [3.63, 3.8) is 0 Å². The molecule has 1 fully saturated rings. The van der Waals surface area contributed by atoms with Crippen molar-refractivity contribution in [2.45, 2.75) is 6.92 Å². The molecule has 0 aliphatic carbocycles. The summed E-state index contributed by atoms with van der Waals surface area (Å²) in [7, 11) is 0. The number of halogens is 1. The van der Waals surface area contributed by atoms with Gasteiger partial charge in [0.05, 0.1) is 15.8 Å². The highest BCUT2D eigenvalue weighted by atomic mass is 32.1. The predicted molar refractivity (Wildman–Crippen MR) is 98.9 cm³/mol. The zero-order valence-corrected chi connectivity index (χ0v) is 14.7. The zero-order chi connectivity index (χ0) is 17.4. The third-order valence-electron chi connectivity index (χ3n) is 4.47. The van der Waals surface area contributed by atoms with Crippen LogP contribution in [0.25, 0.3) is 10.2 Å². The maximum Gasteiger partial charge on any atom is 0.256 e. The van der Waals surface area contributed by atoms with Crippen LogP contribution in [0.1, 0.15) is 15.9 Å². The monoisotopic (exact) mass is 355 g/mol. The van der Waals surface area contributed by atoms with Gasteiger partial charge in [-0.3, -0.25) is 4.79 Å². The molecule has 2 aromatic carbocycles. The average molecular weight is 355 g/mol. The number of benzene rings is 2. The molecular formula is C19H18FN3OS. The maximum atomic E-state index is 13.8. The van der Waals surface area contributed by atoms with Crippen molar-refractivity contribution in [2.24, 2.45) is 0 Å². The smallest absolute Gasteiger partial charge is 0.256 e. The van der Waals surface area contributed by atoms with Gasteiger partial charge in [0.2, 0.25) is 0 Å². The maximum absolute atomic E-state index is 13.8. The van der Waals surface area contributed by atoms with Crippen LogP contribution in [0.2, 0.25) is 0 Å². The molecule has 25 heavy (non-hydrogen) atoms. The lowest BCUT2D eigenvalue weighted by molar-refractivity contribution is 0.0742. The van der Waals surface area contributed by atoms with E-state index in [1.54, 1.807) is 34.4 Å². The summed E-state index contributed by atoms with van der Waals surface area (Å²) in [5.41, 5.74) is 2.38. The van der Waals surface area contributed by atoms with Gasteiger partial charge in [0.1, 0.15) is 5.82 Å². The summed E-state index contributed by atoms with van der Waals surface area (Å²) in [6, 6.07) is 12.4. The summed E-state index contributed by atoms with van der Waals surface area (Å²) < 4.78 is 15.0. The van der Waals surface area contributed by atoms with E-state index in [9.17, 15) is 9.18 Å². The number of carbonyl (C=O) groups excluding carboxylic acids is 1. The minimum absolute atomic E-state index is 0.145. The number of anilines is 1. The number of carbonyl (C=O) groups is 1. The van der Waals surface area contributed by atoms with Crippen molar-refractivity contribution in [2.75, 3.05) is 31.1 Å². The van der Waals surface area contributed by atoms with Crippen LogP contribution in [0.15, 0.2) is 42.5 Å². The second kappa shape index (κ2) is 6.44. The molecule has 0 spiro atoms. The number of hydrogen-bond donors (Lipinski definition) is 0. The van der Waals surface area contributed by atoms with Crippen molar-refractivity contribution in [1.82, 2.24) is 9.88 Å². The third-order valence-corrected chi connectivity index (χ3v) is 5.55. The Morgan fingerprint density at radius 2 is 1.88 bits per heavy atom. The summed E-state index contributed by atoms with van der Waals surface area (Å²) in [5.74, 6) is -0.700. The number of thiazole rings is 1. The van der Waals surface area contributed by atoms with E-state index in [-0.39, 0.29) is 11.5 Å². The highest BCUT2D eigenvalue weighted by Gasteiger charge is 2.25. The lowest BCUT2D eigenvalue weighted by atomic mass is 10.1. The predicted octanol–water partition coefficient (Wildman–Crippen LogP) is 3.71. The molecule has 0 saturated carbocycles. The number of rotatable bonds is 2. The first kappa shape index (κ1) is 16.0. The first-order valence-electron chi connectivity index (χ1n) is 8.28. The number of aromatic nitrogens is 1. The molecule has 1 amide bonds. The molecule has 1 aliphatic rings. The summed E-state index contributed by atoms with van der Waals surface area (Å²) in [6.07, 6.45) is 0. The van der Waals surface area contributed by atoms with E-state index in [1.165, 1.54) is 16.3 Å². The lowest BCUT2D eigenvalue weighted by Crippen LogP contribution is -2.49. The molecule has 4 nitrogen and oxygen atoms in total. The van der Waals surface area contributed by atoms with E-state index in [0.29, 0.717) is 26.2 Å². The van der Waals surface area contributed by atoms with Gasteiger partial charge in [-0.1, -0.05) is 29.5 Å². The minimum atomic E-state index is -0.462. The quantitative estimate of drug-likeness (QED) is 0.703. The zero-order valence-electron chi connectivity index (χ0n) is 13.9. The van der Waals surface area contributed by atoms with Crippen molar-refractivity contribution in [1.29, 1.82) is 0 Å². The van der Waals surface area contributed by atoms with Gasteiger partial charge in [-0.15, -0.1) is 0 Å². The van der Waals surface area contributed by atoms with Gasteiger partial charge >= 0.3 is 0 Å². The fraction of sp³-hybridized carbons (Fsp3) is 0.263. The normalized spacial score (nSPS) is 15.0. The molecule has 1 saturated heterocycles. The largest absolute Gasteiger partial charge is 0.345 e. The van der Waals surface area contributed by atoms with E-state index in [0.717, 1.165) is 10.6 Å². The number of fused-ring (bicyclic) bond motifs is 1. The molecule has 1 aromatic heterocycles. The SMILES string of the molecule is Cc1ccc2nc(N3CCN(C(=O)c4ccccc4F)CC3)sc2c1. The Balaban J connectivity index is 1.47. The van der Waals surface area contributed by atoms with Gasteiger partial charge in [-0.2, -0.15) is 0 Å². The first-order valence-corrected chi connectivity index (χ1v) is 9.09. The Morgan fingerprint density at radius 1 is 1.12 bits per heavy atom. The summed E-state index contributed by atoms with van der Waals surface area (Å²) >= 11 is 1.68. The van der Waals surface area contributed by atoms with Crippen molar-refractivity contribution >= 4 is 32.6 Å². The molecule has 0 N–H and O–H groups in total. The van der Waals surface area contributed by atoms with Gasteiger partial charge in [0.25, 0.3) is 5.91 Å². The fourth-order valence-electron chi connectivity index (χ4n) is 3.06. The summed E-state index contributed by atoms with van der Waals surface area (Å²) in [4.78, 5) is 21.1. The van der Waals surface area contributed by atoms with E-state index in [4.69, 9.17) is 4.98 Å². The summed E-state index contributed by atoms with van der Waals surface area (Å²) in [6.45, 7) is 4.63. The molecular weight excluding hydrogens is 337 g/mol. The van der Waals surface area contributed by atoms with Gasteiger partial charge in [-0.25, -0.2) is 9.37 Å². The third kappa shape index (κ3) is 3.09. The molecule has 1 aliphatic heterocycles. The van der Waals surface area contributed by atoms with Gasteiger partial charge in [0.15, 0.2) is 5.13 Å². The van der Waals surface area contributed by atoms with E-state index >= 15 is 0 Å². The van der Waals surface area contributed by atoms with Crippen molar-refractivity contribution < 1.29 is 9.18 Å². The van der Waals surface area contributed by atoms with Crippen LogP contribution < -0.4 is 4.90 Å². The highest BCUT2D eigenvalue weighted by molar-refractivity contribution is 7.22. The number of piperazine rings is 1. The number of amides is 1. The van der Waals surface area contributed by atoms with Crippen LogP contribution in [0.3, 0.4) is 0 Å².